The van der Waals surface area contributed by atoms with Crippen molar-refractivity contribution in [2.75, 3.05) is 13.6 Å². The zero-order valence-electron chi connectivity index (χ0n) is 16.0. The first-order valence-corrected chi connectivity index (χ1v) is 11.2. The molecule has 0 spiro atoms. The minimum atomic E-state index is -3.75. The maximum atomic E-state index is 13.1. The summed E-state index contributed by atoms with van der Waals surface area (Å²) in [5, 5.41) is 12.2. The number of nitrogens with zero attached hydrogens (tertiary/aromatic N) is 1. The van der Waals surface area contributed by atoms with E-state index in [1.165, 1.54) is 11.4 Å². The van der Waals surface area contributed by atoms with Crippen LogP contribution >= 0.6 is 15.9 Å². The number of halogens is 1. The molecule has 0 aliphatic carbocycles. The van der Waals surface area contributed by atoms with Crippen LogP contribution < -0.4 is 5.32 Å². The number of allylic oxidation sites excluding steroid dienone is 3. The Morgan fingerprint density at radius 2 is 2.11 bits per heavy atom. The topological polar surface area (TPSA) is 86.7 Å². The number of likely N-dealkylation sites (N-methyl/N-ethyl adjacent to an activating group) is 1. The highest BCUT2D eigenvalue weighted by atomic mass is 79.9. The van der Waals surface area contributed by atoms with Crippen molar-refractivity contribution in [3.05, 3.63) is 64.3 Å². The number of nitrogens with one attached hydrogen (secondary N) is 1. The number of aliphatic carboxylic acids is 1. The Labute approximate surface area is 174 Å². The largest absolute Gasteiger partial charge is 0.481 e. The molecule has 28 heavy (non-hydrogen) atoms. The van der Waals surface area contributed by atoms with Crippen LogP contribution in [0.5, 0.6) is 0 Å². The van der Waals surface area contributed by atoms with Crippen LogP contribution in [0, 0.1) is 0 Å². The van der Waals surface area contributed by atoms with Crippen molar-refractivity contribution in [1.29, 1.82) is 0 Å². The molecule has 1 aliphatic heterocycles. The van der Waals surface area contributed by atoms with Crippen LogP contribution in [0.1, 0.15) is 37.8 Å². The van der Waals surface area contributed by atoms with Gasteiger partial charge in [0, 0.05) is 23.6 Å². The Hall–Kier alpha value is -1.90. The number of unbranched alkanes of at least 4 members (excludes halogenated alkanes) is 1. The van der Waals surface area contributed by atoms with Gasteiger partial charge in [-0.15, -0.1) is 0 Å². The molecule has 1 aromatic rings. The van der Waals surface area contributed by atoms with Gasteiger partial charge in [0.25, 0.3) is 10.0 Å². The third kappa shape index (κ3) is 4.92. The number of carboxylic acids is 1. The van der Waals surface area contributed by atoms with Crippen LogP contribution in [0.3, 0.4) is 0 Å². The lowest BCUT2D eigenvalue weighted by atomic mass is 9.95. The Morgan fingerprint density at radius 1 is 1.39 bits per heavy atom. The number of rotatable bonds is 7. The third-order valence-corrected chi connectivity index (χ3v) is 6.93. The van der Waals surface area contributed by atoms with Crippen molar-refractivity contribution >= 4 is 31.9 Å². The number of hydrogen-bond acceptors (Lipinski definition) is 4. The molecular weight excluding hydrogens is 444 g/mol. The first kappa shape index (κ1) is 22.4. The van der Waals surface area contributed by atoms with Gasteiger partial charge in [0.2, 0.25) is 0 Å². The Kier molecular flexibility index (Phi) is 7.63. The van der Waals surface area contributed by atoms with E-state index in [-0.39, 0.29) is 17.4 Å². The fraction of sp³-hybridized carbons (Fsp3) is 0.350. The molecule has 6 nitrogen and oxygen atoms in total. The van der Waals surface area contributed by atoms with Gasteiger partial charge >= 0.3 is 5.97 Å². The minimum Gasteiger partial charge on any atom is -0.481 e. The van der Waals surface area contributed by atoms with Crippen LogP contribution in [-0.2, 0) is 14.8 Å². The zero-order chi connectivity index (χ0) is 20.9. The molecule has 0 bridgehead atoms. The highest BCUT2D eigenvalue weighted by molar-refractivity contribution is 9.10. The van der Waals surface area contributed by atoms with Crippen LogP contribution in [0.25, 0.3) is 0 Å². The number of fused-ring (bicyclic) bond motifs is 1. The molecule has 0 saturated carbocycles. The zero-order valence-corrected chi connectivity index (χ0v) is 18.4. The minimum absolute atomic E-state index is 0.112. The molecular formula is C20H25BrN2O4S. The summed E-state index contributed by atoms with van der Waals surface area (Å²) in [5.74, 6) is -0.820. The van der Waals surface area contributed by atoms with E-state index in [2.05, 4.69) is 27.8 Å². The van der Waals surface area contributed by atoms with Crippen molar-refractivity contribution in [2.24, 2.45) is 0 Å². The standard InChI is InChI=1S/C20H25BrN2O4S/c1-4-5-8-16-14(2)23(3)28(26,27)18-13-15(21)10-11-17(18)20(16)22-12-7-6-9-19(24)25/h4-5,8,10-11,13,20,22H,2,6-7,9,12H2,1,3H3,(H,24,25)/b5-4-,16-8+. The number of sulfonamides is 1. The second-order valence-corrected chi connectivity index (χ2v) is 9.34. The lowest BCUT2D eigenvalue weighted by Crippen LogP contribution is -2.27. The van der Waals surface area contributed by atoms with Gasteiger partial charge in [-0.3, -0.25) is 9.10 Å². The summed E-state index contributed by atoms with van der Waals surface area (Å²) in [6.45, 7) is 6.46. The van der Waals surface area contributed by atoms with Crippen molar-refractivity contribution in [2.45, 2.75) is 37.1 Å². The highest BCUT2D eigenvalue weighted by Gasteiger charge is 2.35. The monoisotopic (exact) mass is 468 g/mol. The molecule has 0 amide bonds. The number of carbonyl (C=O) groups is 1. The fourth-order valence-electron chi connectivity index (χ4n) is 3.04. The first-order valence-electron chi connectivity index (χ1n) is 8.95. The molecule has 0 saturated heterocycles. The summed E-state index contributed by atoms with van der Waals surface area (Å²) in [6, 6.07) is 4.83. The van der Waals surface area contributed by atoms with E-state index in [1.54, 1.807) is 12.1 Å². The normalized spacial score (nSPS) is 20.4. The molecule has 0 radical (unpaired) electrons. The number of hydrogen-bond donors (Lipinski definition) is 2. The molecule has 0 fully saturated rings. The van der Waals surface area contributed by atoms with Crippen LogP contribution in [0.15, 0.2) is 63.6 Å². The second kappa shape index (κ2) is 9.54. The third-order valence-electron chi connectivity index (χ3n) is 4.58. The molecule has 1 atom stereocenters. The van der Waals surface area contributed by atoms with E-state index < -0.39 is 16.0 Å². The summed E-state index contributed by atoms with van der Waals surface area (Å²) >= 11 is 3.36. The molecule has 2 rings (SSSR count). The SMILES string of the molecule is C=C1/C(=C\C=C/C)C(NCCCCC(=O)O)c2ccc(Br)cc2S(=O)(=O)N1C. The lowest BCUT2D eigenvalue weighted by molar-refractivity contribution is -0.137. The molecule has 1 heterocycles. The first-order chi connectivity index (χ1) is 13.2. The molecule has 1 unspecified atom stereocenters. The van der Waals surface area contributed by atoms with Gasteiger partial charge in [0.15, 0.2) is 0 Å². The maximum absolute atomic E-state index is 13.1. The van der Waals surface area contributed by atoms with Gasteiger partial charge in [-0.1, -0.05) is 46.8 Å². The van der Waals surface area contributed by atoms with Gasteiger partial charge in [0.05, 0.1) is 10.9 Å². The van der Waals surface area contributed by atoms with E-state index in [9.17, 15) is 13.2 Å². The van der Waals surface area contributed by atoms with E-state index in [0.29, 0.717) is 35.1 Å². The summed E-state index contributed by atoms with van der Waals surface area (Å²) in [5.41, 5.74) is 1.79. The maximum Gasteiger partial charge on any atom is 0.303 e. The van der Waals surface area contributed by atoms with Gasteiger partial charge < -0.3 is 10.4 Å². The molecule has 8 heteroatoms. The van der Waals surface area contributed by atoms with Crippen molar-refractivity contribution in [1.82, 2.24) is 9.62 Å². The number of benzene rings is 1. The average Bonchev–Trinajstić information content (AvgIpc) is 2.69. The van der Waals surface area contributed by atoms with Crippen LogP contribution in [0.4, 0.5) is 0 Å². The van der Waals surface area contributed by atoms with Gasteiger partial charge in [0.1, 0.15) is 0 Å². The molecule has 0 aromatic heterocycles. The van der Waals surface area contributed by atoms with Crippen LogP contribution in [0.2, 0.25) is 0 Å². The van der Waals surface area contributed by atoms with E-state index in [4.69, 9.17) is 5.11 Å². The van der Waals surface area contributed by atoms with E-state index in [0.717, 1.165) is 5.57 Å². The predicted octanol–water partition coefficient (Wildman–Crippen LogP) is 3.99. The van der Waals surface area contributed by atoms with Gasteiger partial charge in [-0.05, 0) is 49.6 Å². The summed E-state index contributed by atoms with van der Waals surface area (Å²) < 4.78 is 28.1. The van der Waals surface area contributed by atoms with Crippen molar-refractivity contribution < 1.29 is 18.3 Å². The van der Waals surface area contributed by atoms with Gasteiger partial charge in [-0.2, -0.15) is 0 Å². The molecule has 1 aliphatic rings. The Balaban J connectivity index is 2.49. The van der Waals surface area contributed by atoms with Crippen molar-refractivity contribution in [3.63, 3.8) is 0 Å². The predicted molar refractivity (Wildman–Crippen MR) is 113 cm³/mol. The highest BCUT2D eigenvalue weighted by Crippen LogP contribution is 2.39. The van der Waals surface area contributed by atoms with Crippen molar-refractivity contribution in [3.8, 4) is 0 Å². The van der Waals surface area contributed by atoms with Gasteiger partial charge in [-0.25, -0.2) is 8.42 Å². The average molecular weight is 469 g/mol. The van der Waals surface area contributed by atoms with Crippen LogP contribution in [-0.4, -0.2) is 37.4 Å². The Morgan fingerprint density at radius 3 is 2.75 bits per heavy atom. The summed E-state index contributed by atoms with van der Waals surface area (Å²) in [6.07, 6.45) is 6.91. The lowest BCUT2D eigenvalue weighted by Gasteiger charge is -2.24. The summed E-state index contributed by atoms with van der Waals surface area (Å²) in [4.78, 5) is 10.9. The smallest absolute Gasteiger partial charge is 0.303 e. The molecule has 1 aromatic carbocycles. The summed E-state index contributed by atoms with van der Waals surface area (Å²) in [7, 11) is -2.24. The number of carboxylic acid groups (broad SMARTS) is 1. The Bertz CT molecular complexity index is 922. The fourth-order valence-corrected chi connectivity index (χ4v) is 5.00. The van der Waals surface area contributed by atoms with E-state index >= 15 is 0 Å². The van der Waals surface area contributed by atoms with E-state index in [1.807, 2.05) is 31.2 Å². The molecule has 152 valence electrons. The quantitative estimate of drug-likeness (QED) is 0.590. The second-order valence-electron chi connectivity index (χ2n) is 6.49. The molecule has 2 N–H and O–H groups in total.